The minimum Gasteiger partial charge on any atom is -0.396 e. The van der Waals surface area contributed by atoms with Crippen molar-refractivity contribution in [2.45, 2.75) is 25.8 Å². The fourth-order valence-corrected chi connectivity index (χ4v) is 1.53. The normalized spacial score (nSPS) is 10.3. The van der Waals surface area contributed by atoms with E-state index in [9.17, 15) is 9.18 Å². The molecule has 1 aromatic carbocycles. The number of halogens is 1. The highest BCUT2D eigenvalue weighted by molar-refractivity contribution is 5.75. The van der Waals surface area contributed by atoms with Crippen molar-refractivity contribution >= 4 is 5.91 Å². The number of unbranched alkanes of at least 4 members (excludes halogenated alkanes) is 1. The van der Waals surface area contributed by atoms with Crippen LogP contribution in [0.15, 0.2) is 24.3 Å². The summed E-state index contributed by atoms with van der Waals surface area (Å²) in [5.74, 6) is -0.228. The van der Waals surface area contributed by atoms with Gasteiger partial charge in [-0.2, -0.15) is 0 Å². The van der Waals surface area contributed by atoms with E-state index in [2.05, 4.69) is 0 Å². The molecule has 0 heterocycles. The molecule has 0 aromatic heterocycles. The highest BCUT2D eigenvalue weighted by atomic mass is 19.1. The largest absolute Gasteiger partial charge is 0.396 e. The molecule has 1 amide bonds. The maximum atomic E-state index is 12.7. The van der Waals surface area contributed by atoms with Gasteiger partial charge in [0.2, 0.25) is 5.91 Å². The first-order valence-electron chi connectivity index (χ1n) is 5.72. The Bertz CT molecular complexity index is 351. The van der Waals surface area contributed by atoms with Crippen LogP contribution in [0.25, 0.3) is 0 Å². The lowest BCUT2D eigenvalue weighted by Gasteiger charge is -2.17. The average molecular weight is 239 g/mol. The molecular formula is C13H18FNO2. The van der Waals surface area contributed by atoms with Crippen LogP contribution in [0, 0.1) is 5.82 Å². The Hall–Kier alpha value is -1.42. The molecule has 0 saturated carbocycles. The summed E-state index contributed by atoms with van der Waals surface area (Å²) < 4.78 is 12.7. The lowest BCUT2D eigenvalue weighted by molar-refractivity contribution is -0.130. The van der Waals surface area contributed by atoms with E-state index in [0.717, 1.165) is 5.56 Å². The fourth-order valence-electron chi connectivity index (χ4n) is 1.53. The van der Waals surface area contributed by atoms with Gasteiger partial charge in [-0.1, -0.05) is 12.1 Å². The molecule has 94 valence electrons. The van der Waals surface area contributed by atoms with E-state index in [1.807, 2.05) is 0 Å². The van der Waals surface area contributed by atoms with Crippen LogP contribution < -0.4 is 0 Å². The quantitative estimate of drug-likeness (QED) is 0.771. The third-order valence-electron chi connectivity index (χ3n) is 2.56. The fraction of sp³-hybridized carbons (Fsp3) is 0.462. The van der Waals surface area contributed by atoms with E-state index in [0.29, 0.717) is 25.8 Å². The topological polar surface area (TPSA) is 40.5 Å². The second kappa shape index (κ2) is 7.01. The summed E-state index contributed by atoms with van der Waals surface area (Å²) in [5.41, 5.74) is 0.907. The molecule has 17 heavy (non-hydrogen) atoms. The molecule has 0 saturated heterocycles. The third-order valence-corrected chi connectivity index (χ3v) is 2.56. The van der Waals surface area contributed by atoms with E-state index in [-0.39, 0.29) is 18.3 Å². The Kier molecular flexibility index (Phi) is 5.63. The van der Waals surface area contributed by atoms with Crippen LogP contribution in [-0.2, 0) is 11.3 Å². The average Bonchev–Trinajstić information content (AvgIpc) is 2.32. The molecule has 0 aliphatic heterocycles. The van der Waals surface area contributed by atoms with E-state index in [1.54, 1.807) is 24.1 Å². The van der Waals surface area contributed by atoms with Crippen molar-refractivity contribution in [3.05, 3.63) is 35.6 Å². The Morgan fingerprint density at radius 3 is 2.53 bits per heavy atom. The van der Waals surface area contributed by atoms with Crippen LogP contribution in [0.1, 0.15) is 24.8 Å². The number of nitrogens with zero attached hydrogens (tertiary/aromatic N) is 1. The molecule has 1 aromatic rings. The third kappa shape index (κ3) is 4.95. The smallest absolute Gasteiger partial charge is 0.222 e. The summed E-state index contributed by atoms with van der Waals surface area (Å²) in [6, 6.07) is 6.12. The minimum atomic E-state index is -0.273. The molecule has 0 aliphatic carbocycles. The second-order valence-electron chi connectivity index (χ2n) is 4.06. The summed E-state index contributed by atoms with van der Waals surface area (Å²) in [6.45, 7) is 0.604. The number of hydrogen-bond acceptors (Lipinski definition) is 2. The van der Waals surface area contributed by atoms with Crippen LogP contribution >= 0.6 is 0 Å². The van der Waals surface area contributed by atoms with E-state index in [1.165, 1.54) is 12.1 Å². The van der Waals surface area contributed by atoms with E-state index in [4.69, 9.17) is 5.11 Å². The molecule has 0 unspecified atom stereocenters. The molecule has 4 heteroatoms. The van der Waals surface area contributed by atoms with Gasteiger partial charge in [-0.25, -0.2) is 4.39 Å². The lowest BCUT2D eigenvalue weighted by Crippen LogP contribution is -2.25. The number of hydrogen-bond donors (Lipinski definition) is 1. The van der Waals surface area contributed by atoms with Crippen LogP contribution in [0.2, 0.25) is 0 Å². The standard InChI is InChI=1S/C13H18FNO2/c1-15(13(17)4-2-3-9-16)10-11-5-7-12(14)8-6-11/h5-8,16H,2-4,9-10H2,1H3. The van der Waals surface area contributed by atoms with Gasteiger partial charge in [-0.3, -0.25) is 4.79 Å². The number of rotatable bonds is 6. The van der Waals surface area contributed by atoms with Gasteiger partial charge >= 0.3 is 0 Å². The summed E-state index contributed by atoms with van der Waals surface area (Å²) in [6.07, 6.45) is 1.79. The Morgan fingerprint density at radius 2 is 1.94 bits per heavy atom. The summed E-state index contributed by atoms with van der Waals surface area (Å²) in [5, 5.41) is 8.62. The van der Waals surface area contributed by atoms with Gasteiger partial charge in [0.05, 0.1) is 0 Å². The first-order chi connectivity index (χ1) is 8.13. The van der Waals surface area contributed by atoms with Crippen LogP contribution in [0.5, 0.6) is 0 Å². The zero-order valence-electron chi connectivity index (χ0n) is 10.0. The van der Waals surface area contributed by atoms with Crippen molar-refractivity contribution in [2.24, 2.45) is 0 Å². The van der Waals surface area contributed by atoms with Gasteiger partial charge < -0.3 is 10.0 Å². The molecule has 0 radical (unpaired) electrons. The van der Waals surface area contributed by atoms with Crippen molar-refractivity contribution in [3.8, 4) is 0 Å². The zero-order chi connectivity index (χ0) is 12.7. The summed E-state index contributed by atoms with van der Waals surface area (Å²) >= 11 is 0. The van der Waals surface area contributed by atoms with Gasteiger partial charge in [0, 0.05) is 26.6 Å². The van der Waals surface area contributed by atoms with Gasteiger partial charge in [-0.05, 0) is 30.5 Å². The first kappa shape index (κ1) is 13.6. The lowest BCUT2D eigenvalue weighted by atomic mass is 10.2. The minimum absolute atomic E-state index is 0.0442. The van der Waals surface area contributed by atoms with Crippen molar-refractivity contribution in [2.75, 3.05) is 13.7 Å². The molecule has 3 nitrogen and oxygen atoms in total. The highest BCUT2D eigenvalue weighted by Gasteiger charge is 2.08. The molecule has 0 bridgehead atoms. The van der Waals surface area contributed by atoms with Crippen LogP contribution in [0.3, 0.4) is 0 Å². The number of amides is 1. The predicted molar refractivity (Wildman–Crippen MR) is 63.8 cm³/mol. The Morgan fingerprint density at radius 1 is 1.29 bits per heavy atom. The monoisotopic (exact) mass is 239 g/mol. The SMILES string of the molecule is CN(Cc1ccc(F)cc1)C(=O)CCCCO. The van der Waals surface area contributed by atoms with Crippen molar-refractivity contribution < 1.29 is 14.3 Å². The maximum Gasteiger partial charge on any atom is 0.222 e. The van der Waals surface area contributed by atoms with Crippen LogP contribution in [0.4, 0.5) is 4.39 Å². The van der Waals surface area contributed by atoms with Gasteiger partial charge in [0.25, 0.3) is 0 Å². The highest BCUT2D eigenvalue weighted by Crippen LogP contribution is 2.07. The predicted octanol–water partition coefficient (Wildman–Crippen LogP) is 1.95. The number of aliphatic hydroxyl groups is 1. The molecule has 0 aliphatic rings. The second-order valence-corrected chi connectivity index (χ2v) is 4.06. The molecule has 1 rings (SSSR count). The van der Waals surface area contributed by atoms with Gasteiger partial charge in [0.15, 0.2) is 0 Å². The first-order valence-corrected chi connectivity index (χ1v) is 5.72. The molecule has 0 spiro atoms. The van der Waals surface area contributed by atoms with Crippen LogP contribution in [-0.4, -0.2) is 29.6 Å². The van der Waals surface area contributed by atoms with E-state index < -0.39 is 0 Å². The zero-order valence-corrected chi connectivity index (χ0v) is 10.0. The number of carbonyl (C=O) groups is 1. The number of benzene rings is 1. The summed E-state index contributed by atoms with van der Waals surface area (Å²) in [7, 11) is 1.73. The van der Waals surface area contributed by atoms with Crippen molar-refractivity contribution in [1.29, 1.82) is 0 Å². The van der Waals surface area contributed by atoms with Gasteiger partial charge in [-0.15, -0.1) is 0 Å². The maximum absolute atomic E-state index is 12.7. The van der Waals surface area contributed by atoms with Gasteiger partial charge in [0.1, 0.15) is 5.82 Å². The molecule has 0 fully saturated rings. The van der Waals surface area contributed by atoms with E-state index >= 15 is 0 Å². The molecular weight excluding hydrogens is 221 g/mol. The molecule has 1 N–H and O–H groups in total. The molecule has 0 atom stereocenters. The summed E-state index contributed by atoms with van der Waals surface area (Å²) in [4.78, 5) is 13.3. The Labute approximate surface area is 101 Å². The van der Waals surface area contributed by atoms with Crippen molar-refractivity contribution in [3.63, 3.8) is 0 Å². The Balaban J connectivity index is 2.40. The van der Waals surface area contributed by atoms with Crippen molar-refractivity contribution in [1.82, 2.24) is 4.90 Å². The number of carbonyl (C=O) groups excluding carboxylic acids is 1. The number of aliphatic hydroxyl groups excluding tert-OH is 1.